The Balaban J connectivity index is 1.09. The van der Waals surface area contributed by atoms with Crippen molar-refractivity contribution in [3.8, 4) is 0 Å². The summed E-state index contributed by atoms with van der Waals surface area (Å²) < 4.78 is 0. The third-order valence-electron chi connectivity index (χ3n) is 7.08. The Bertz CT molecular complexity index is 1370. The number of nitrogens with zero attached hydrogens (tertiary/aromatic N) is 4. The first-order chi connectivity index (χ1) is 16.8. The molecule has 0 unspecified atom stereocenters. The molecule has 166 valence electrons. The molecule has 0 radical (unpaired) electrons. The number of hydrogen-bond acceptors (Lipinski definition) is 4. The highest BCUT2D eigenvalue weighted by Gasteiger charge is 2.33. The molecule has 3 heterocycles. The molecule has 0 saturated heterocycles. The smallest absolute Gasteiger partial charge is 0.110 e. The minimum atomic E-state index is 0.863. The van der Waals surface area contributed by atoms with Crippen LogP contribution in [-0.2, 0) is 13.1 Å². The molecule has 34 heavy (non-hydrogen) atoms. The molecular weight excluding hydrogens is 416 g/mol. The number of hydrogen-bond donors (Lipinski definition) is 0. The highest BCUT2D eigenvalue weighted by atomic mass is 15.7. The lowest BCUT2D eigenvalue weighted by Gasteiger charge is -2.37. The zero-order valence-electron chi connectivity index (χ0n) is 19.0. The van der Waals surface area contributed by atoms with Gasteiger partial charge in [-0.3, -0.25) is 10.0 Å². The molecule has 0 atom stereocenters. The van der Waals surface area contributed by atoms with Crippen molar-refractivity contribution in [3.63, 3.8) is 0 Å². The highest BCUT2D eigenvalue weighted by Crippen LogP contribution is 2.33. The Morgan fingerprint density at radius 3 is 1.44 bits per heavy atom. The van der Waals surface area contributed by atoms with Crippen molar-refractivity contribution >= 4 is 21.5 Å². The Labute approximate surface area is 199 Å². The molecular formula is C30H26N4. The summed E-state index contributed by atoms with van der Waals surface area (Å²) in [6.45, 7) is 3.54. The van der Waals surface area contributed by atoms with Crippen LogP contribution in [0, 0.1) is 0 Å². The summed E-state index contributed by atoms with van der Waals surface area (Å²) in [5, 5.41) is 10.1. The van der Waals surface area contributed by atoms with Crippen molar-refractivity contribution in [1.82, 2.24) is 19.8 Å². The van der Waals surface area contributed by atoms with Crippen molar-refractivity contribution in [3.05, 3.63) is 132 Å². The average molecular weight is 443 g/mol. The summed E-state index contributed by atoms with van der Waals surface area (Å²) >= 11 is 0. The number of hydrazine groups is 1. The van der Waals surface area contributed by atoms with E-state index in [0.717, 1.165) is 26.4 Å². The van der Waals surface area contributed by atoms with Gasteiger partial charge in [0.2, 0.25) is 0 Å². The fourth-order valence-corrected chi connectivity index (χ4v) is 5.45. The lowest BCUT2D eigenvalue weighted by Crippen LogP contribution is -2.43. The van der Waals surface area contributed by atoms with Gasteiger partial charge in [0.05, 0.1) is 11.4 Å². The van der Waals surface area contributed by atoms with E-state index in [4.69, 9.17) is 0 Å². The van der Waals surface area contributed by atoms with E-state index in [9.17, 15) is 0 Å². The maximum atomic E-state index is 2.41. The van der Waals surface area contributed by atoms with Crippen LogP contribution in [-0.4, -0.2) is 33.2 Å². The van der Waals surface area contributed by atoms with E-state index >= 15 is 0 Å². The summed E-state index contributed by atoms with van der Waals surface area (Å²) in [5.74, 6) is 0. The summed E-state index contributed by atoms with van der Waals surface area (Å²) in [4.78, 5) is 4.83. The molecule has 0 aliphatic carbocycles. The van der Waals surface area contributed by atoms with Gasteiger partial charge < -0.3 is 9.80 Å². The monoisotopic (exact) mass is 442 g/mol. The maximum absolute atomic E-state index is 2.41. The molecule has 0 N–H and O–H groups in total. The minimum absolute atomic E-state index is 0.863. The third-order valence-corrected chi connectivity index (χ3v) is 7.08. The predicted molar refractivity (Wildman–Crippen MR) is 138 cm³/mol. The standard InChI is InChI=1S/C30H26N4/c1-3-13-29-23(7-1)9-5-11-25(29)17-31-19-27-15-16-28-20-32(22-34(28)33(27)21-31)18-26-12-6-10-24-8-2-4-14-30(24)26/h1-16,19-20H,17-18,21-22H2. The largest absolute Gasteiger partial charge is 0.352 e. The Morgan fingerprint density at radius 1 is 0.500 bits per heavy atom. The van der Waals surface area contributed by atoms with E-state index in [2.05, 4.69) is 129 Å². The van der Waals surface area contributed by atoms with Gasteiger partial charge in [0.1, 0.15) is 13.3 Å². The Hall–Kier alpha value is -4.18. The SMILES string of the molecule is C1=CC2=CN(Cc3cccc4ccccc34)CN2N2CN(Cc3cccc4ccccc34)C=C12. The molecule has 0 aromatic heterocycles. The van der Waals surface area contributed by atoms with Crippen LogP contribution in [0.3, 0.4) is 0 Å². The van der Waals surface area contributed by atoms with Crippen molar-refractivity contribution in [1.29, 1.82) is 0 Å². The van der Waals surface area contributed by atoms with Crippen molar-refractivity contribution < 1.29 is 0 Å². The van der Waals surface area contributed by atoms with Crippen molar-refractivity contribution in [2.24, 2.45) is 0 Å². The molecule has 0 amide bonds. The first-order valence-electron chi connectivity index (χ1n) is 11.9. The van der Waals surface area contributed by atoms with E-state index in [-0.39, 0.29) is 0 Å². The van der Waals surface area contributed by atoms with Crippen LogP contribution in [0.1, 0.15) is 11.1 Å². The van der Waals surface area contributed by atoms with Gasteiger partial charge in [0.25, 0.3) is 0 Å². The van der Waals surface area contributed by atoms with E-state index in [0.29, 0.717) is 0 Å². The van der Waals surface area contributed by atoms with Gasteiger partial charge in [-0.25, -0.2) is 0 Å². The van der Waals surface area contributed by atoms with E-state index in [1.54, 1.807) is 0 Å². The summed E-state index contributed by atoms with van der Waals surface area (Å²) in [5.41, 5.74) is 5.25. The van der Waals surface area contributed by atoms with Crippen LogP contribution in [0.4, 0.5) is 0 Å². The summed E-state index contributed by atoms with van der Waals surface area (Å²) in [6.07, 6.45) is 9.07. The van der Waals surface area contributed by atoms with Crippen LogP contribution in [0.25, 0.3) is 21.5 Å². The highest BCUT2D eigenvalue weighted by molar-refractivity contribution is 5.86. The van der Waals surface area contributed by atoms with Crippen molar-refractivity contribution in [2.45, 2.75) is 13.1 Å². The van der Waals surface area contributed by atoms with Gasteiger partial charge in [-0.15, -0.1) is 0 Å². The van der Waals surface area contributed by atoms with Gasteiger partial charge in [-0.05, 0) is 44.8 Å². The third kappa shape index (κ3) is 3.22. The number of rotatable bonds is 4. The summed E-state index contributed by atoms with van der Waals surface area (Å²) in [7, 11) is 0. The molecule has 0 fully saturated rings. The maximum Gasteiger partial charge on any atom is 0.110 e. The Morgan fingerprint density at radius 2 is 0.941 bits per heavy atom. The second-order valence-corrected chi connectivity index (χ2v) is 9.29. The van der Waals surface area contributed by atoms with Crippen LogP contribution in [0.15, 0.2) is 121 Å². The number of benzene rings is 4. The van der Waals surface area contributed by atoms with Gasteiger partial charge in [0, 0.05) is 25.5 Å². The zero-order chi connectivity index (χ0) is 22.5. The van der Waals surface area contributed by atoms with Crippen LogP contribution in [0.2, 0.25) is 0 Å². The average Bonchev–Trinajstić information content (AvgIpc) is 3.48. The molecule has 0 saturated carbocycles. The van der Waals surface area contributed by atoms with E-state index < -0.39 is 0 Å². The first-order valence-corrected chi connectivity index (χ1v) is 11.9. The van der Waals surface area contributed by atoms with Crippen LogP contribution in [0.5, 0.6) is 0 Å². The zero-order valence-corrected chi connectivity index (χ0v) is 19.0. The Kier molecular flexibility index (Phi) is 4.37. The summed E-state index contributed by atoms with van der Waals surface area (Å²) in [6, 6.07) is 30.6. The molecule has 4 aromatic rings. The second-order valence-electron chi connectivity index (χ2n) is 9.29. The first kappa shape index (κ1) is 19.3. The van der Waals surface area contributed by atoms with Gasteiger partial charge in [-0.2, -0.15) is 0 Å². The lowest BCUT2D eigenvalue weighted by atomic mass is 10.0. The lowest BCUT2D eigenvalue weighted by molar-refractivity contribution is 0.0145. The molecule has 3 aliphatic heterocycles. The van der Waals surface area contributed by atoms with E-state index in [1.807, 2.05) is 0 Å². The van der Waals surface area contributed by atoms with Crippen LogP contribution < -0.4 is 0 Å². The van der Waals surface area contributed by atoms with Gasteiger partial charge in [-0.1, -0.05) is 84.9 Å². The molecule has 3 aliphatic rings. The minimum Gasteiger partial charge on any atom is -0.352 e. The number of allylic oxidation sites excluding steroid dienone is 2. The predicted octanol–water partition coefficient (Wildman–Crippen LogP) is 6.01. The second kappa shape index (κ2) is 7.70. The fourth-order valence-electron chi connectivity index (χ4n) is 5.45. The van der Waals surface area contributed by atoms with E-state index in [1.165, 1.54) is 44.1 Å². The molecule has 0 bridgehead atoms. The molecule has 4 nitrogen and oxygen atoms in total. The van der Waals surface area contributed by atoms with Gasteiger partial charge in [0.15, 0.2) is 0 Å². The van der Waals surface area contributed by atoms with Crippen LogP contribution >= 0.6 is 0 Å². The normalized spacial score (nSPS) is 16.8. The molecule has 7 rings (SSSR count). The van der Waals surface area contributed by atoms with Crippen molar-refractivity contribution in [2.75, 3.05) is 13.3 Å². The molecule has 4 aromatic carbocycles. The molecule has 4 heteroatoms. The topological polar surface area (TPSA) is 13.0 Å². The molecule has 0 spiro atoms. The number of fused-ring (bicyclic) bond motifs is 5. The van der Waals surface area contributed by atoms with Gasteiger partial charge >= 0.3 is 0 Å². The fraction of sp³-hybridized carbons (Fsp3) is 0.133. The quantitative estimate of drug-likeness (QED) is 0.384.